The number of hydrazone groups is 1. The van der Waals surface area contributed by atoms with Gasteiger partial charge in [0.15, 0.2) is 0 Å². The molecule has 0 saturated carbocycles. The summed E-state index contributed by atoms with van der Waals surface area (Å²) in [5, 5.41) is 13.0. The highest BCUT2D eigenvalue weighted by Gasteiger charge is 2.35. The Balaban J connectivity index is 1.75. The highest BCUT2D eigenvalue weighted by Crippen LogP contribution is 2.38. The minimum Gasteiger partial charge on any atom is -0.326 e. The van der Waals surface area contributed by atoms with E-state index in [0.29, 0.717) is 17.0 Å². The van der Waals surface area contributed by atoms with Crippen molar-refractivity contribution in [3.05, 3.63) is 74.6 Å². The second kappa shape index (κ2) is 7.46. The van der Waals surface area contributed by atoms with Gasteiger partial charge in [0.25, 0.3) is 5.91 Å². The van der Waals surface area contributed by atoms with Crippen molar-refractivity contribution in [2.24, 2.45) is 5.10 Å². The van der Waals surface area contributed by atoms with Crippen molar-refractivity contribution < 1.29 is 9.59 Å². The molecule has 0 fully saturated rings. The van der Waals surface area contributed by atoms with E-state index in [2.05, 4.69) is 10.4 Å². The van der Waals surface area contributed by atoms with Crippen molar-refractivity contribution >= 4 is 45.9 Å². The van der Waals surface area contributed by atoms with Crippen LogP contribution in [0, 0.1) is 0 Å². The third-order valence-corrected chi connectivity index (χ3v) is 6.06. The fourth-order valence-electron chi connectivity index (χ4n) is 3.14. The second-order valence-electron chi connectivity index (χ2n) is 6.14. The molecule has 3 aromatic rings. The summed E-state index contributed by atoms with van der Waals surface area (Å²) in [4.78, 5) is 26.4. The lowest BCUT2D eigenvalue weighted by molar-refractivity contribution is -0.114. The van der Waals surface area contributed by atoms with Gasteiger partial charge in [0.1, 0.15) is 0 Å². The van der Waals surface area contributed by atoms with E-state index in [1.54, 1.807) is 16.3 Å². The number of carbonyl (C=O) groups is 2. The van der Waals surface area contributed by atoms with Gasteiger partial charge in [-0.2, -0.15) is 5.10 Å². The summed E-state index contributed by atoms with van der Waals surface area (Å²) in [5.41, 5.74) is 2.48. The van der Waals surface area contributed by atoms with Crippen LogP contribution >= 0.6 is 22.7 Å². The van der Waals surface area contributed by atoms with Gasteiger partial charge in [0, 0.05) is 24.6 Å². The van der Waals surface area contributed by atoms with Crippen LogP contribution in [0.2, 0.25) is 0 Å². The molecular formula is C20H17N3O2S2. The molecular weight excluding hydrogens is 378 g/mol. The first-order valence-corrected chi connectivity index (χ1v) is 10.2. The molecule has 4 rings (SSSR count). The van der Waals surface area contributed by atoms with E-state index in [-0.39, 0.29) is 17.9 Å². The zero-order valence-electron chi connectivity index (χ0n) is 14.6. The van der Waals surface area contributed by atoms with Gasteiger partial charge >= 0.3 is 0 Å². The number of nitrogens with one attached hydrogen (secondary N) is 1. The summed E-state index contributed by atoms with van der Waals surface area (Å²) in [7, 11) is 0. The summed E-state index contributed by atoms with van der Waals surface area (Å²) >= 11 is 3.01. The van der Waals surface area contributed by atoms with Crippen molar-refractivity contribution in [3.63, 3.8) is 0 Å². The molecule has 136 valence electrons. The van der Waals surface area contributed by atoms with E-state index in [4.69, 9.17) is 0 Å². The molecule has 3 heterocycles. The van der Waals surface area contributed by atoms with Gasteiger partial charge in [-0.15, -0.1) is 22.7 Å². The Bertz CT molecular complexity index is 994. The standard InChI is InChI=1S/C20H17N3O2S2/c1-13(24)21-15-7-3-2-6-14(15)17-12-16(18-8-4-10-26-18)22-23(17)20(25)19-9-5-11-27-19/h2-11,17H,12H2,1H3,(H,21,24)/t17-/m0/s1. The molecule has 1 N–H and O–H groups in total. The number of benzene rings is 1. The summed E-state index contributed by atoms with van der Waals surface area (Å²) in [6.45, 7) is 1.48. The van der Waals surface area contributed by atoms with Crippen molar-refractivity contribution in [2.75, 3.05) is 5.32 Å². The fraction of sp³-hybridized carbons (Fsp3) is 0.150. The predicted molar refractivity (Wildman–Crippen MR) is 109 cm³/mol. The third kappa shape index (κ3) is 3.56. The molecule has 2 aromatic heterocycles. The fourth-order valence-corrected chi connectivity index (χ4v) is 4.51. The Hall–Kier alpha value is -2.77. The number of carbonyl (C=O) groups excluding carboxylic acids is 2. The number of thiophene rings is 2. The van der Waals surface area contributed by atoms with Gasteiger partial charge in [-0.05, 0) is 29.0 Å². The SMILES string of the molecule is CC(=O)Nc1ccccc1[C@@H]1CC(c2cccs2)=NN1C(=O)c1cccs1. The zero-order chi connectivity index (χ0) is 18.8. The number of hydrogen-bond donors (Lipinski definition) is 1. The highest BCUT2D eigenvalue weighted by atomic mass is 32.1. The molecule has 27 heavy (non-hydrogen) atoms. The average molecular weight is 396 g/mol. The van der Waals surface area contributed by atoms with E-state index < -0.39 is 0 Å². The Kier molecular flexibility index (Phi) is 4.87. The van der Waals surface area contributed by atoms with Crippen LogP contribution in [-0.2, 0) is 4.79 Å². The highest BCUT2D eigenvalue weighted by molar-refractivity contribution is 7.12. The van der Waals surface area contributed by atoms with Crippen LogP contribution in [0.3, 0.4) is 0 Å². The van der Waals surface area contributed by atoms with Gasteiger partial charge in [0.05, 0.1) is 21.5 Å². The summed E-state index contributed by atoms with van der Waals surface area (Å²) in [5.74, 6) is -0.268. The number of hydrogen-bond acceptors (Lipinski definition) is 5. The molecule has 2 amide bonds. The normalized spacial score (nSPS) is 16.3. The zero-order valence-corrected chi connectivity index (χ0v) is 16.2. The maximum absolute atomic E-state index is 13.1. The van der Waals surface area contributed by atoms with Crippen LogP contribution in [0.4, 0.5) is 5.69 Å². The summed E-state index contributed by atoms with van der Waals surface area (Å²) < 4.78 is 0. The molecule has 1 aromatic carbocycles. The summed E-state index contributed by atoms with van der Waals surface area (Å²) in [6, 6.07) is 15.0. The van der Waals surface area contributed by atoms with Crippen LogP contribution in [0.15, 0.2) is 64.4 Å². The van der Waals surface area contributed by atoms with Crippen LogP contribution in [-0.4, -0.2) is 22.5 Å². The molecule has 0 unspecified atom stereocenters. The minimum absolute atomic E-state index is 0.126. The van der Waals surface area contributed by atoms with E-state index in [1.165, 1.54) is 18.3 Å². The maximum atomic E-state index is 13.1. The van der Waals surface area contributed by atoms with Gasteiger partial charge in [-0.25, -0.2) is 5.01 Å². The smallest absolute Gasteiger partial charge is 0.284 e. The molecule has 5 nitrogen and oxygen atoms in total. The lowest BCUT2D eigenvalue weighted by Crippen LogP contribution is -2.27. The summed E-state index contributed by atoms with van der Waals surface area (Å²) in [6.07, 6.45) is 0.605. The molecule has 1 atom stereocenters. The number of nitrogens with zero attached hydrogens (tertiary/aromatic N) is 2. The molecule has 0 saturated heterocycles. The predicted octanol–water partition coefficient (Wildman–Crippen LogP) is 4.76. The van der Waals surface area contributed by atoms with Crippen LogP contribution in [0.25, 0.3) is 0 Å². The largest absolute Gasteiger partial charge is 0.326 e. The van der Waals surface area contributed by atoms with Crippen LogP contribution in [0.5, 0.6) is 0 Å². The molecule has 0 aliphatic carbocycles. The Morgan fingerprint density at radius 2 is 1.85 bits per heavy atom. The Morgan fingerprint density at radius 3 is 2.56 bits per heavy atom. The minimum atomic E-state index is -0.264. The van der Waals surface area contributed by atoms with Crippen LogP contribution in [0.1, 0.15) is 39.5 Å². The van der Waals surface area contributed by atoms with E-state index >= 15 is 0 Å². The van der Waals surface area contributed by atoms with Gasteiger partial charge in [0.2, 0.25) is 5.91 Å². The Morgan fingerprint density at radius 1 is 1.07 bits per heavy atom. The van der Waals surface area contributed by atoms with Crippen LogP contribution < -0.4 is 5.32 Å². The first-order valence-electron chi connectivity index (χ1n) is 8.48. The number of para-hydroxylation sites is 1. The van der Waals surface area contributed by atoms with Crippen molar-refractivity contribution in [1.82, 2.24) is 5.01 Å². The lowest BCUT2D eigenvalue weighted by atomic mass is 9.99. The van der Waals surface area contributed by atoms with Crippen molar-refractivity contribution in [3.8, 4) is 0 Å². The Labute approximate surface area is 165 Å². The van der Waals surface area contributed by atoms with E-state index in [0.717, 1.165) is 16.2 Å². The van der Waals surface area contributed by atoms with Crippen molar-refractivity contribution in [2.45, 2.75) is 19.4 Å². The first kappa shape index (κ1) is 17.6. The molecule has 0 radical (unpaired) electrons. The number of rotatable bonds is 4. The molecule has 0 bridgehead atoms. The quantitative estimate of drug-likeness (QED) is 0.692. The first-order chi connectivity index (χ1) is 13.1. The number of amides is 2. The molecule has 0 spiro atoms. The van der Waals surface area contributed by atoms with E-state index in [9.17, 15) is 9.59 Å². The maximum Gasteiger partial charge on any atom is 0.284 e. The molecule has 1 aliphatic rings. The second-order valence-corrected chi connectivity index (χ2v) is 8.03. The average Bonchev–Trinajstić information content (AvgIpc) is 3.41. The van der Waals surface area contributed by atoms with Gasteiger partial charge in [-0.1, -0.05) is 30.3 Å². The lowest BCUT2D eigenvalue weighted by Gasteiger charge is -2.23. The van der Waals surface area contributed by atoms with Crippen molar-refractivity contribution in [1.29, 1.82) is 0 Å². The van der Waals surface area contributed by atoms with E-state index in [1.807, 2.05) is 59.3 Å². The monoisotopic (exact) mass is 395 g/mol. The van der Waals surface area contributed by atoms with Gasteiger partial charge in [-0.3, -0.25) is 9.59 Å². The molecule has 7 heteroatoms. The molecule has 1 aliphatic heterocycles. The topological polar surface area (TPSA) is 61.8 Å². The number of anilines is 1. The van der Waals surface area contributed by atoms with Gasteiger partial charge < -0.3 is 5.32 Å². The third-order valence-electron chi connectivity index (χ3n) is 4.29.